The Labute approximate surface area is 223 Å². The number of rotatable bonds is 5. The van der Waals surface area contributed by atoms with Crippen LogP contribution in [0.2, 0.25) is 0 Å². The van der Waals surface area contributed by atoms with Crippen LogP contribution < -0.4 is 9.47 Å². The van der Waals surface area contributed by atoms with Crippen LogP contribution in [0, 0.1) is 11.3 Å². The molecule has 0 aliphatic heterocycles. The number of hydrogen-bond acceptors (Lipinski definition) is 4. The smallest absolute Gasteiger partial charge is 0.119 e. The molecule has 3 aromatic carbocycles. The van der Waals surface area contributed by atoms with Gasteiger partial charge in [-0.3, -0.25) is 0 Å². The molecule has 0 fully saturated rings. The zero-order valence-electron chi connectivity index (χ0n) is 19.8. The highest BCUT2D eigenvalue weighted by Crippen LogP contribution is 2.43. The van der Waals surface area contributed by atoms with Gasteiger partial charge in [-0.25, -0.2) is 4.98 Å². The summed E-state index contributed by atoms with van der Waals surface area (Å²) in [5.74, 6) is 1.58. The number of halogens is 2. The summed E-state index contributed by atoms with van der Waals surface area (Å²) >= 11 is 10.5. The molecule has 5 rings (SSSR count). The number of benzene rings is 3. The molecule has 0 atom stereocenters. The maximum absolute atomic E-state index is 10.3. The van der Waals surface area contributed by atoms with Gasteiger partial charge in [-0.15, -0.1) is 0 Å². The molecule has 0 amide bonds. The van der Waals surface area contributed by atoms with E-state index in [1.165, 1.54) is 0 Å². The quantitative estimate of drug-likeness (QED) is 0.249. The lowest BCUT2D eigenvalue weighted by molar-refractivity contribution is 0.414. The molecule has 0 bridgehead atoms. The molecule has 0 unspecified atom stereocenters. The molecule has 0 saturated heterocycles. The predicted molar refractivity (Wildman–Crippen MR) is 148 cm³/mol. The molecule has 1 aliphatic carbocycles. The second kappa shape index (κ2) is 10.2. The Kier molecular flexibility index (Phi) is 6.82. The zero-order chi connectivity index (χ0) is 25.2. The maximum Gasteiger partial charge on any atom is 0.119 e. The summed E-state index contributed by atoms with van der Waals surface area (Å²) in [6.45, 7) is 0. The van der Waals surface area contributed by atoms with Crippen LogP contribution in [0.15, 0.2) is 77.3 Å². The molecule has 0 saturated carbocycles. The van der Waals surface area contributed by atoms with E-state index in [4.69, 9.17) is 26.1 Å². The third-order valence-corrected chi connectivity index (χ3v) is 7.38. The molecule has 0 spiro atoms. The number of aromatic nitrogens is 1. The number of allylic oxidation sites excluding steroid dienone is 1. The van der Waals surface area contributed by atoms with Crippen LogP contribution in [-0.2, 0) is 6.42 Å². The normalized spacial score (nSPS) is 12.6. The molecule has 6 heteroatoms. The molecule has 1 heterocycles. The first kappa shape index (κ1) is 24.1. The largest absolute Gasteiger partial charge is 0.497 e. The molecule has 0 N–H and O–H groups in total. The first-order valence-electron chi connectivity index (χ1n) is 11.4. The van der Waals surface area contributed by atoms with Crippen LogP contribution in [0.25, 0.3) is 33.1 Å². The van der Waals surface area contributed by atoms with Crippen LogP contribution in [0.5, 0.6) is 11.5 Å². The van der Waals surface area contributed by atoms with Gasteiger partial charge in [0.1, 0.15) is 17.6 Å². The summed E-state index contributed by atoms with van der Waals surface area (Å²) < 4.78 is 11.7. The van der Waals surface area contributed by atoms with Crippen molar-refractivity contribution in [3.8, 4) is 40.1 Å². The highest BCUT2D eigenvalue weighted by molar-refractivity contribution is 9.10. The van der Waals surface area contributed by atoms with Gasteiger partial charge in [0, 0.05) is 21.2 Å². The fourth-order valence-electron chi connectivity index (χ4n) is 4.53. The van der Waals surface area contributed by atoms with Crippen molar-refractivity contribution in [3.63, 3.8) is 0 Å². The third-order valence-electron chi connectivity index (χ3n) is 6.42. The zero-order valence-corrected chi connectivity index (χ0v) is 22.2. The number of pyridine rings is 1. The minimum atomic E-state index is 0.514. The van der Waals surface area contributed by atoms with E-state index < -0.39 is 0 Å². The molecule has 178 valence electrons. The summed E-state index contributed by atoms with van der Waals surface area (Å²) in [7, 11) is 3.30. The average molecular weight is 558 g/mol. The number of nitrogens with zero attached hydrogens (tertiary/aromatic N) is 2. The Morgan fingerprint density at radius 1 is 0.833 bits per heavy atom. The lowest BCUT2D eigenvalue weighted by Gasteiger charge is -2.23. The van der Waals surface area contributed by atoms with Crippen molar-refractivity contribution in [2.24, 2.45) is 0 Å². The summed E-state index contributed by atoms with van der Waals surface area (Å²) in [6, 6.07) is 25.9. The lowest BCUT2D eigenvalue weighted by atomic mass is 9.85. The van der Waals surface area contributed by atoms with Crippen molar-refractivity contribution in [2.75, 3.05) is 14.2 Å². The minimum absolute atomic E-state index is 0.514. The van der Waals surface area contributed by atoms with Crippen molar-refractivity contribution < 1.29 is 9.47 Å². The monoisotopic (exact) mass is 556 g/mol. The summed E-state index contributed by atoms with van der Waals surface area (Å²) in [6.07, 6.45) is 1.51. The second-order valence-electron chi connectivity index (χ2n) is 8.44. The fraction of sp³-hybridized carbons (Fsp3) is 0.133. The summed E-state index contributed by atoms with van der Waals surface area (Å²) in [5, 5.41) is 11.0. The molecular weight excluding hydrogens is 536 g/mol. The number of fused-ring (bicyclic) bond motifs is 1. The molecular formula is C30H22BrClN2O2. The van der Waals surface area contributed by atoms with Gasteiger partial charge in [0.2, 0.25) is 0 Å². The topological polar surface area (TPSA) is 55.1 Å². The number of ether oxygens (including phenoxy) is 2. The minimum Gasteiger partial charge on any atom is -0.497 e. The van der Waals surface area contributed by atoms with Gasteiger partial charge in [-0.1, -0.05) is 39.7 Å². The average Bonchev–Trinajstić information content (AvgIpc) is 2.93. The van der Waals surface area contributed by atoms with E-state index in [-0.39, 0.29) is 0 Å². The van der Waals surface area contributed by atoms with Gasteiger partial charge in [-0.2, -0.15) is 5.26 Å². The summed E-state index contributed by atoms with van der Waals surface area (Å²) in [4.78, 5) is 4.96. The third kappa shape index (κ3) is 4.51. The SMILES string of the molecule is COc1ccc(-c2cc(C3=C(Cl)c4ccc(OC)cc4CC3)c(C#N)c(-c3ccc(Br)cc3)n2)cc1. The first-order chi connectivity index (χ1) is 17.5. The van der Waals surface area contributed by atoms with Crippen LogP contribution in [-0.4, -0.2) is 19.2 Å². The van der Waals surface area contributed by atoms with Crippen LogP contribution in [0.1, 0.15) is 28.7 Å². The lowest BCUT2D eigenvalue weighted by Crippen LogP contribution is -2.06. The summed E-state index contributed by atoms with van der Waals surface area (Å²) in [5.41, 5.74) is 7.56. The molecule has 1 aromatic heterocycles. The first-order valence-corrected chi connectivity index (χ1v) is 12.6. The van der Waals surface area contributed by atoms with Crippen molar-refractivity contribution in [1.82, 2.24) is 4.98 Å². The van der Waals surface area contributed by atoms with Crippen molar-refractivity contribution in [1.29, 1.82) is 5.26 Å². The van der Waals surface area contributed by atoms with Crippen LogP contribution in [0.4, 0.5) is 0 Å². The van der Waals surface area contributed by atoms with Crippen LogP contribution >= 0.6 is 27.5 Å². The maximum atomic E-state index is 10.3. The van der Waals surface area contributed by atoms with Crippen molar-refractivity contribution in [2.45, 2.75) is 12.8 Å². The van der Waals surface area contributed by atoms with E-state index in [2.05, 4.69) is 22.0 Å². The Bertz CT molecular complexity index is 1520. The number of hydrogen-bond donors (Lipinski definition) is 0. The number of methoxy groups -OCH3 is 2. The Morgan fingerprint density at radius 3 is 2.17 bits per heavy atom. The Balaban J connectivity index is 1.75. The standard InChI is InChI=1S/C30H22BrClN2O2/c1-35-22-10-5-18(6-11-22)28-16-26(27(17-33)30(34-28)19-3-8-21(31)9-4-19)25-13-7-20-15-23(36-2)12-14-24(20)29(25)32/h3-6,8-12,14-16H,7,13H2,1-2H3. The van der Waals surface area contributed by atoms with E-state index in [9.17, 15) is 5.26 Å². The van der Waals surface area contributed by atoms with Crippen molar-refractivity contribution in [3.05, 3.63) is 99.5 Å². The Hall–Kier alpha value is -3.59. The number of nitriles is 1. The fourth-order valence-corrected chi connectivity index (χ4v) is 5.17. The highest BCUT2D eigenvalue weighted by atomic mass is 79.9. The number of aryl methyl sites for hydroxylation is 1. The van der Waals surface area contributed by atoms with Gasteiger partial charge in [-0.05, 0) is 90.2 Å². The van der Waals surface area contributed by atoms with E-state index in [0.717, 1.165) is 61.5 Å². The molecule has 36 heavy (non-hydrogen) atoms. The molecule has 0 radical (unpaired) electrons. The van der Waals surface area contributed by atoms with Crippen LogP contribution in [0.3, 0.4) is 0 Å². The van der Waals surface area contributed by atoms with E-state index >= 15 is 0 Å². The van der Waals surface area contributed by atoms with Crippen molar-refractivity contribution >= 4 is 38.1 Å². The van der Waals surface area contributed by atoms with Gasteiger partial charge in [0.15, 0.2) is 0 Å². The molecule has 4 nitrogen and oxygen atoms in total. The molecule has 4 aromatic rings. The van der Waals surface area contributed by atoms with Gasteiger partial charge < -0.3 is 9.47 Å². The van der Waals surface area contributed by atoms with Gasteiger partial charge in [0.05, 0.1) is 36.2 Å². The van der Waals surface area contributed by atoms with Gasteiger partial charge >= 0.3 is 0 Å². The second-order valence-corrected chi connectivity index (χ2v) is 9.74. The van der Waals surface area contributed by atoms with E-state index in [1.807, 2.05) is 72.8 Å². The predicted octanol–water partition coefficient (Wildman–Crippen LogP) is 8.12. The molecule has 1 aliphatic rings. The Morgan fingerprint density at radius 2 is 1.50 bits per heavy atom. The van der Waals surface area contributed by atoms with E-state index in [1.54, 1.807) is 14.2 Å². The highest BCUT2D eigenvalue weighted by Gasteiger charge is 2.24. The van der Waals surface area contributed by atoms with Gasteiger partial charge in [0.25, 0.3) is 0 Å². The van der Waals surface area contributed by atoms with E-state index in [0.29, 0.717) is 22.7 Å².